The average molecular weight is 281 g/mol. The van der Waals surface area contributed by atoms with Crippen molar-refractivity contribution in [3.05, 3.63) is 54.6 Å². The van der Waals surface area contributed by atoms with Gasteiger partial charge in [0.15, 0.2) is 0 Å². The van der Waals surface area contributed by atoms with E-state index >= 15 is 0 Å². The first-order chi connectivity index (χ1) is 10.2. The van der Waals surface area contributed by atoms with Gasteiger partial charge in [-0.05, 0) is 61.1 Å². The van der Waals surface area contributed by atoms with Gasteiger partial charge in [-0.3, -0.25) is 0 Å². The normalized spacial score (nSPS) is 20.9. The maximum Gasteiger partial charge on any atom is 0.127 e. The third kappa shape index (κ3) is 3.57. The third-order valence-electron chi connectivity index (χ3n) is 4.32. The lowest BCUT2D eigenvalue weighted by Gasteiger charge is -2.39. The largest absolute Gasteiger partial charge is 0.457 e. The molecule has 1 fully saturated rings. The van der Waals surface area contributed by atoms with Crippen molar-refractivity contribution in [3.63, 3.8) is 0 Å². The Balaban J connectivity index is 1.53. The second-order valence-corrected chi connectivity index (χ2v) is 6.26. The van der Waals surface area contributed by atoms with Crippen molar-refractivity contribution in [2.45, 2.75) is 32.7 Å². The molecule has 1 aliphatic rings. The number of nitrogens with one attached hydrogen (secondary N) is 1. The van der Waals surface area contributed by atoms with Gasteiger partial charge in [0.05, 0.1) is 0 Å². The fourth-order valence-electron chi connectivity index (χ4n) is 2.80. The van der Waals surface area contributed by atoms with Gasteiger partial charge in [0.2, 0.25) is 0 Å². The maximum absolute atomic E-state index is 5.80. The Kier molecular flexibility index (Phi) is 4.14. The Bertz CT molecular complexity index is 556. The molecule has 0 heterocycles. The van der Waals surface area contributed by atoms with Crippen LogP contribution in [0.4, 0.5) is 5.69 Å². The highest BCUT2D eigenvalue weighted by Crippen LogP contribution is 2.35. The molecular formula is C19H23NO. The molecule has 21 heavy (non-hydrogen) atoms. The predicted molar refractivity (Wildman–Crippen MR) is 87.9 cm³/mol. The zero-order chi connectivity index (χ0) is 14.7. The van der Waals surface area contributed by atoms with Crippen LogP contribution < -0.4 is 10.1 Å². The zero-order valence-corrected chi connectivity index (χ0v) is 12.8. The molecule has 0 amide bonds. The van der Waals surface area contributed by atoms with Gasteiger partial charge in [-0.15, -0.1) is 0 Å². The van der Waals surface area contributed by atoms with Crippen molar-refractivity contribution in [3.8, 4) is 11.5 Å². The first-order valence-electron chi connectivity index (χ1n) is 7.80. The van der Waals surface area contributed by atoms with E-state index in [1.54, 1.807) is 0 Å². The standard InChI is InChI=1S/C19H23NO/c1-14(2)15-12-17(13-15)20-16-8-10-19(11-9-16)21-18-6-4-3-5-7-18/h3-11,14-15,17,20H,12-13H2,1-2H3. The maximum atomic E-state index is 5.80. The van der Waals surface area contributed by atoms with E-state index in [4.69, 9.17) is 4.74 Å². The number of hydrogen-bond acceptors (Lipinski definition) is 2. The van der Waals surface area contributed by atoms with Crippen LogP contribution in [0.2, 0.25) is 0 Å². The monoisotopic (exact) mass is 281 g/mol. The Morgan fingerprint density at radius 2 is 1.52 bits per heavy atom. The number of rotatable bonds is 5. The van der Waals surface area contributed by atoms with E-state index in [0.29, 0.717) is 6.04 Å². The fourth-order valence-corrected chi connectivity index (χ4v) is 2.80. The topological polar surface area (TPSA) is 21.3 Å². The van der Waals surface area contributed by atoms with Gasteiger partial charge in [0, 0.05) is 11.7 Å². The summed E-state index contributed by atoms with van der Waals surface area (Å²) < 4.78 is 5.80. The molecule has 2 nitrogen and oxygen atoms in total. The summed E-state index contributed by atoms with van der Waals surface area (Å²) in [5.74, 6) is 3.45. The van der Waals surface area contributed by atoms with E-state index < -0.39 is 0 Å². The Morgan fingerprint density at radius 3 is 2.14 bits per heavy atom. The molecule has 1 N–H and O–H groups in total. The van der Waals surface area contributed by atoms with E-state index in [1.165, 1.54) is 18.5 Å². The van der Waals surface area contributed by atoms with Crippen molar-refractivity contribution < 1.29 is 4.74 Å². The molecule has 0 saturated heterocycles. The van der Waals surface area contributed by atoms with Crippen molar-refractivity contribution in [1.82, 2.24) is 0 Å². The van der Waals surface area contributed by atoms with Crippen LogP contribution in [0, 0.1) is 11.8 Å². The van der Waals surface area contributed by atoms with Crippen LogP contribution >= 0.6 is 0 Å². The molecule has 2 aromatic rings. The first kappa shape index (κ1) is 14.0. The molecule has 2 heteroatoms. The van der Waals surface area contributed by atoms with Gasteiger partial charge < -0.3 is 10.1 Å². The van der Waals surface area contributed by atoms with Crippen molar-refractivity contribution in [1.29, 1.82) is 0 Å². The van der Waals surface area contributed by atoms with Crippen LogP contribution in [0.1, 0.15) is 26.7 Å². The zero-order valence-electron chi connectivity index (χ0n) is 12.8. The summed E-state index contributed by atoms with van der Waals surface area (Å²) in [6.45, 7) is 4.63. The van der Waals surface area contributed by atoms with Crippen LogP contribution in [0.5, 0.6) is 11.5 Å². The molecule has 0 unspecified atom stereocenters. The number of ether oxygens (including phenoxy) is 1. The van der Waals surface area contributed by atoms with Crippen LogP contribution in [0.25, 0.3) is 0 Å². The summed E-state index contributed by atoms with van der Waals surface area (Å²) >= 11 is 0. The first-order valence-corrected chi connectivity index (χ1v) is 7.80. The minimum Gasteiger partial charge on any atom is -0.457 e. The van der Waals surface area contributed by atoms with Crippen LogP contribution in [0.3, 0.4) is 0 Å². The average Bonchev–Trinajstić information content (AvgIpc) is 2.45. The fraction of sp³-hybridized carbons (Fsp3) is 0.368. The van der Waals surface area contributed by atoms with Gasteiger partial charge in [0.25, 0.3) is 0 Å². The Labute approximate surface area is 127 Å². The quantitative estimate of drug-likeness (QED) is 0.800. The second-order valence-electron chi connectivity index (χ2n) is 6.26. The van der Waals surface area contributed by atoms with E-state index in [0.717, 1.165) is 23.3 Å². The number of anilines is 1. The highest BCUT2D eigenvalue weighted by atomic mass is 16.5. The van der Waals surface area contributed by atoms with E-state index in [1.807, 2.05) is 42.5 Å². The second kappa shape index (κ2) is 6.21. The van der Waals surface area contributed by atoms with Crippen molar-refractivity contribution >= 4 is 5.69 Å². The van der Waals surface area contributed by atoms with Crippen LogP contribution in [-0.2, 0) is 0 Å². The summed E-state index contributed by atoms with van der Waals surface area (Å²) in [4.78, 5) is 0. The lowest BCUT2D eigenvalue weighted by atomic mass is 9.73. The van der Waals surface area contributed by atoms with Gasteiger partial charge in [-0.1, -0.05) is 32.0 Å². The summed E-state index contributed by atoms with van der Waals surface area (Å²) in [7, 11) is 0. The molecule has 0 aromatic heterocycles. The highest BCUT2D eigenvalue weighted by molar-refractivity contribution is 5.48. The lowest BCUT2D eigenvalue weighted by molar-refractivity contribution is 0.212. The number of para-hydroxylation sites is 1. The molecule has 0 bridgehead atoms. The smallest absolute Gasteiger partial charge is 0.127 e. The molecule has 1 aliphatic carbocycles. The van der Waals surface area contributed by atoms with Gasteiger partial charge in [-0.2, -0.15) is 0 Å². The predicted octanol–water partition coefficient (Wildman–Crippen LogP) is 5.33. The van der Waals surface area contributed by atoms with E-state index in [-0.39, 0.29) is 0 Å². The number of hydrogen-bond donors (Lipinski definition) is 1. The Hall–Kier alpha value is -1.96. The van der Waals surface area contributed by atoms with Crippen LogP contribution in [-0.4, -0.2) is 6.04 Å². The molecular weight excluding hydrogens is 258 g/mol. The molecule has 1 saturated carbocycles. The molecule has 3 rings (SSSR count). The SMILES string of the molecule is CC(C)C1CC(Nc2ccc(Oc3ccccc3)cc2)C1. The van der Waals surface area contributed by atoms with E-state index in [2.05, 4.69) is 31.3 Å². The van der Waals surface area contributed by atoms with Crippen molar-refractivity contribution in [2.75, 3.05) is 5.32 Å². The molecule has 0 radical (unpaired) electrons. The molecule has 110 valence electrons. The molecule has 0 spiro atoms. The summed E-state index contributed by atoms with van der Waals surface area (Å²) in [5, 5.41) is 3.60. The molecule has 0 atom stereocenters. The number of benzene rings is 2. The third-order valence-corrected chi connectivity index (χ3v) is 4.32. The van der Waals surface area contributed by atoms with Gasteiger partial charge >= 0.3 is 0 Å². The summed E-state index contributed by atoms with van der Waals surface area (Å²) in [5.41, 5.74) is 1.18. The minimum absolute atomic E-state index is 0.637. The Morgan fingerprint density at radius 1 is 0.905 bits per heavy atom. The summed E-state index contributed by atoms with van der Waals surface area (Å²) in [6, 6.07) is 18.8. The molecule has 0 aliphatic heterocycles. The summed E-state index contributed by atoms with van der Waals surface area (Å²) in [6.07, 6.45) is 2.58. The van der Waals surface area contributed by atoms with Crippen LogP contribution in [0.15, 0.2) is 54.6 Å². The van der Waals surface area contributed by atoms with Gasteiger partial charge in [0.1, 0.15) is 11.5 Å². The van der Waals surface area contributed by atoms with Crippen molar-refractivity contribution in [2.24, 2.45) is 11.8 Å². The highest BCUT2D eigenvalue weighted by Gasteiger charge is 2.30. The molecule has 2 aromatic carbocycles. The van der Waals surface area contributed by atoms with Gasteiger partial charge in [-0.25, -0.2) is 0 Å². The minimum atomic E-state index is 0.637. The van der Waals surface area contributed by atoms with E-state index in [9.17, 15) is 0 Å². The lowest BCUT2D eigenvalue weighted by Crippen LogP contribution is -2.37.